The number of carbonyl (C=O) groups excluding carboxylic acids is 3. The molecule has 0 radical (unpaired) electrons. The summed E-state index contributed by atoms with van der Waals surface area (Å²) in [5.74, 6) is -1.09. The van der Waals surface area contributed by atoms with Gasteiger partial charge in [0, 0.05) is 24.2 Å². The Morgan fingerprint density at radius 2 is 1.95 bits per heavy atom. The molecule has 2 aromatic heterocycles. The maximum absolute atomic E-state index is 13.6. The van der Waals surface area contributed by atoms with Gasteiger partial charge in [-0.1, -0.05) is 38.1 Å². The molecule has 3 aromatic rings. The van der Waals surface area contributed by atoms with Gasteiger partial charge in [-0.15, -0.1) is 0 Å². The first-order valence-electron chi connectivity index (χ1n) is 12.8. The van der Waals surface area contributed by atoms with Gasteiger partial charge in [-0.05, 0) is 37.0 Å². The standard InChI is InChI=1S/C27H30N4O7S/c1-17(2)13-20(29-27(34)38-24-14-18-7-3-4-9-23(18)37-24)26(33)30-12-10-21-25(30)22(32)15-31(21)39(35,36)16-19-8-5-6-11-28-19/h3-9,11,14,17,20-21,25H,10,12-13,15-16H2,1-2H3,(H,29,34). The Kier molecular flexibility index (Phi) is 7.41. The Bertz CT molecular complexity index is 1460. The van der Waals surface area contributed by atoms with Gasteiger partial charge in [0.05, 0.1) is 18.3 Å². The van der Waals surface area contributed by atoms with Crippen LogP contribution < -0.4 is 10.1 Å². The summed E-state index contributed by atoms with van der Waals surface area (Å²) in [7, 11) is -3.84. The van der Waals surface area contributed by atoms with E-state index in [9.17, 15) is 22.8 Å². The van der Waals surface area contributed by atoms with Crippen molar-refractivity contribution in [1.29, 1.82) is 0 Å². The van der Waals surface area contributed by atoms with E-state index >= 15 is 0 Å². The minimum absolute atomic E-state index is 0.00888. The van der Waals surface area contributed by atoms with Crippen molar-refractivity contribution in [2.24, 2.45) is 5.92 Å². The van der Waals surface area contributed by atoms with E-state index in [4.69, 9.17) is 9.15 Å². The maximum atomic E-state index is 13.6. The van der Waals surface area contributed by atoms with Gasteiger partial charge >= 0.3 is 6.09 Å². The summed E-state index contributed by atoms with van der Waals surface area (Å²) in [5, 5.41) is 3.39. The second kappa shape index (κ2) is 10.8. The number of para-hydroxylation sites is 1. The van der Waals surface area contributed by atoms with E-state index < -0.39 is 40.1 Å². The van der Waals surface area contributed by atoms with Crippen LogP contribution in [-0.2, 0) is 25.4 Å². The number of hydrogen-bond donors (Lipinski definition) is 1. The maximum Gasteiger partial charge on any atom is 0.415 e. The number of carbonyl (C=O) groups is 3. The summed E-state index contributed by atoms with van der Waals surface area (Å²) in [6.07, 6.45) is 1.28. The average Bonchev–Trinajstić information content (AvgIpc) is 3.58. The van der Waals surface area contributed by atoms with Crippen molar-refractivity contribution < 1.29 is 32.0 Å². The highest BCUT2D eigenvalue weighted by atomic mass is 32.2. The number of hydrogen-bond acceptors (Lipinski definition) is 8. The summed E-state index contributed by atoms with van der Waals surface area (Å²) in [4.78, 5) is 44.9. The largest absolute Gasteiger partial charge is 0.425 e. The Balaban J connectivity index is 1.29. The summed E-state index contributed by atoms with van der Waals surface area (Å²) in [5.41, 5.74) is 0.934. The van der Waals surface area contributed by atoms with Crippen molar-refractivity contribution in [2.75, 3.05) is 13.1 Å². The van der Waals surface area contributed by atoms with Crippen LogP contribution in [0, 0.1) is 5.92 Å². The van der Waals surface area contributed by atoms with Gasteiger partial charge in [-0.25, -0.2) is 13.2 Å². The van der Waals surface area contributed by atoms with Gasteiger partial charge in [-0.2, -0.15) is 4.31 Å². The van der Waals surface area contributed by atoms with E-state index in [-0.39, 0.29) is 36.5 Å². The minimum Gasteiger partial charge on any atom is -0.425 e. The van der Waals surface area contributed by atoms with Crippen LogP contribution in [0.5, 0.6) is 5.95 Å². The fraction of sp³-hybridized carbons (Fsp3) is 0.407. The zero-order chi connectivity index (χ0) is 27.7. The molecular weight excluding hydrogens is 524 g/mol. The molecule has 0 saturated carbocycles. The minimum atomic E-state index is -3.84. The normalized spacial score (nSPS) is 20.4. The van der Waals surface area contributed by atoms with E-state index in [1.165, 1.54) is 15.4 Å². The lowest BCUT2D eigenvalue weighted by Gasteiger charge is -2.28. The second-order valence-corrected chi connectivity index (χ2v) is 12.2. The lowest BCUT2D eigenvalue weighted by Crippen LogP contribution is -2.53. The summed E-state index contributed by atoms with van der Waals surface area (Å²) >= 11 is 0. The topological polar surface area (TPSA) is 139 Å². The Morgan fingerprint density at radius 1 is 1.18 bits per heavy atom. The molecule has 2 aliphatic rings. The molecule has 2 amide bonds. The molecule has 206 valence electrons. The molecule has 2 saturated heterocycles. The molecule has 0 aliphatic carbocycles. The van der Waals surface area contributed by atoms with Gasteiger partial charge in [0.15, 0.2) is 5.78 Å². The number of pyridine rings is 1. The Morgan fingerprint density at radius 3 is 2.67 bits per heavy atom. The third-order valence-corrected chi connectivity index (χ3v) is 8.74. The van der Waals surface area contributed by atoms with Gasteiger partial charge in [0.2, 0.25) is 15.9 Å². The van der Waals surface area contributed by atoms with Crippen molar-refractivity contribution in [3.05, 3.63) is 60.4 Å². The number of likely N-dealkylation sites (tertiary alicyclic amines) is 1. The molecule has 1 aromatic carbocycles. The van der Waals surface area contributed by atoms with Crippen LogP contribution in [-0.4, -0.2) is 71.6 Å². The SMILES string of the molecule is CC(C)CC(NC(=O)Oc1cc2ccccc2o1)C(=O)N1CCC2C1C(=O)CN2S(=O)(=O)Cc1ccccn1. The fourth-order valence-corrected chi connectivity index (χ4v) is 6.97. The van der Waals surface area contributed by atoms with E-state index in [0.717, 1.165) is 5.39 Å². The predicted molar refractivity (Wildman–Crippen MR) is 141 cm³/mol. The number of nitrogens with zero attached hydrogens (tertiary/aromatic N) is 3. The highest BCUT2D eigenvalue weighted by Crippen LogP contribution is 2.33. The number of benzene rings is 1. The molecule has 3 atom stereocenters. The highest BCUT2D eigenvalue weighted by Gasteiger charge is 2.54. The van der Waals surface area contributed by atoms with Crippen LogP contribution in [0.4, 0.5) is 4.79 Å². The smallest absolute Gasteiger partial charge is 0.415 e. The number of ketones is 1. The molecule has 0 spiro atoms. The third kappa shape index (κ3) is 5.66. The first-order valence-corrected chi connectivity index (χ1v) is 14.4. The number of ether oxygens (including phenoxy) is 1. The molecule has 1 N–H and O–H groups in total. The lowest BCUT2D eigenvalue weighted by molar-refractivity contribution is -0.138. The number of rotatable bonds is 8. The number of Topliss-reactive ketones (excluding diaryl/α,β-unsaturated/α-hetero) is 1. The van der Waals surface area contributed by atoms with Crippen LogP contribution in [0.15, 0.2) is 59.1 Å². The second-order valence-electron chi connectivity index (χ2n) is 10.2. The number of nitrogens with one attached hydrogen (secondary N) is 1. The van der Waals surface area contributed by atoms with E-state index in [1.807, 2.05) is 26.0 Å². The zero-order valence-electron chi connectivity index (χ0n) is 21.6. The molecule has 11 nitrogen and oxygen atoms in total. The quantitative estimate of drug-likeness (QED) is 0.448. The van der Waals surface area contributed by atoms with Crippen LogP contribution in [0.25, 0.3) is 11.0 Å². The number of furan rings is 1. The van der Waals surface area contributed by atoms with E-state index in [1.54, 1.807) is 36.4 Å². The van der Waals surface area contributed by atoms with Crippen LogP contribution in [0.2, 0.25) is 0 Å². The van der Waals surface area contributed by atoms with Crippen LogP contribution >= 0.6 is 0 Å². The molecule has 2 aliphatic heterocycles. The molecule has 12 heteroatoms. The fourth-order valence-electron chi connectivity index (χ4n) is 5.30. The average molecular weight is 555 g/mol. The molecule has 0 bridgehead atoms. The van der Waals surface area contributed by atoms with E-state index in [0.29, 0.717) is 24.1 Å². The first kappa shape index (κ1) is 26.8. The Labute approximate surface area is 226 Å². The van der Waals surface area contributed by atoms with Crippen molar-refractivity contribution in [1.82, 2.24) is 19.5 Å². The monoisotopic (exact) mass is 554 g/mol. The molecular formula is C27H30N4O7S. The number of amides is 2. The van der Waals surface area contributed by atoms with Gasteiger partial charge in [-0.3, -0.25) is 14.6 Å². The van der Waals surface area contributed by atoms with Gasteiger partial charge < -0.3 is 19.4 Å². The molecule has 4 heterocycles. The van der Waals surface area contributed by atoms with Crippen molar-refractivity contribution in [3.63, 3.8) is 0 Å². The third-order valence-electron chi connectivity index (χ3n) is 6.97. The van der Waals surface area contributed by atoms with Gasteiger partial charge in [0.25, 0.3) is 5.95 Å². The molecule has 5 rings (SSSR count). The van der Waals surface area contributed by atoms with Crippen LogP contribution in [0.3, 0.4) is 0 Å². The van der Waals surface area contributed by atoms with Crippen LogP contribution in [0.1, 0.15) is 32.4 Å². The summed E-state index contributed by atoms with van der Waals surface area (Å²) in [6, 6.07) is 11.3. The predicted octanol–water partition coefficient (Wildman–Crippen LogP) is 2.72. The Hall–Kier alpha value is -3.77. The molecule has 2 fully saturated rings. The van der Waals surface area contributed by atoms with Gasteiger partial charge in [0.1, 0.15) is 23.4 Å². The summed E-state index contributed by atoms with van der Waals surface area (Å²) < 4.78 is 38.4. The molecule has 39 heavy (non-hydrogen) atoms. The number of sulfonamides is 1. The first-order chi connectivity index (χ1) is 18.6. The molecule has 3 unspecified atom stereocenters. The van der Waals surface area contributed by atoms with Crippen molar-refractivity contribution in [3.8, 4) is 5.95 Å². The summed E-state index contributed by atoms with van der Waals surface area (Å²) in [6.45, 7) is 3.72. The van der Waals surface area contributed by atoms with Crippen molar-refractivity contribution >= 4 is 38.8 Å². The number of aromatic nitrogens is 1. The zero-order valence-corrected chi connectivity index (χ0v) is 22.5. The lowest BCUT2D eigenvalue weighted by atomic mass is 10.0. The van der Waals surface area contributed by atoms with Crippen molar-refractivity contribution in [2.45, 2.75) is 50.6 Å². The highest BCUT2D eigenvalue weighted by molar-refractivity contribution is 7.88. The number of fused-ring (bicyclic) bond motifs is 2. The van der Waals surface area contributed by atoms with E-state index in [2.05, 4.69) is 10.3 Å².